The van der Waals surface area contributed by atoms with Crippen molar-refractivity contribution in [2.24, 2.45) is 0 Å². The first-order valence-electron chi connectivity index (χ1n) is 5.75. The Kier molecular flexibility index (Phi) is 5.65. The first-order valence-corrected chi connectivity index (χ1v) is 5.75. The van der Waals surface area contributed by atoms with E-state index in [2.05, 4.69) is 5.32 Å². The predicted molar refractivity (Wildman–Crippen MR) is 57.5 cm³/mol. The van der Waals surface area contributed by atoms with Crippen molar-refractivity contribution in [2.75, 3.05) is 13.2 Å². The summed E-state index contributed by atoms with van der Waals surface area (Å²) in [5.41, 5.74) is 0. The van der Waals surface area contributed by atoms with Crippen LogP contribution in [0.4, 0.5) is 0 Å². The Morgan fingerprint density at radius 1 is 1.60 bits per heavy atom. The summed E-state index contributed by atoms with van der Waals surface area (Å²) >= 11 is 0. The second kappa shape index (κ2) is 6.80. The fraction of sp³-hybridized carbons (Fsp3) is 0.909. The van der Waals surface area contributed by atoms with Gasteiger partial charge >= 0.3 is 0 Å². The van der Waals surface area contributed by atoms with E-state index in [9.17, 15) is 4.79 Å². The molecule has 2 N–H and O–H groups in total. The van der Waals surface area contributed by atoms with Gasteiger partial charge in [0.2, 0.25) is 5.91 Å². The first-order chi connectivity index (χ1) is 7.18. The summed E-state index contributed by atoms with van der Waals surface area (Å²) in [6.07, 6.45) is 4.51. The molecule has 2 atom stereocenters. The largest absolute Gasteiger partial charge is 0.392 e. The molecule has 0 spiro atoms. The lowest BCUT2D eigenvalue weighted by Crippen LogP contribution is -2.31. The highest BCUT2D eigenvalue weighted by Gasteiger charge is 2.15. The number of nitrogens with one attached hydrogen (secondary N) is 1. The van der Waals surface area contributed by atoms with Gasteiger partial charge in [0, 0.05) is 19.6 Å². The van der Waals surface area contributed by atoms with Gasteiger partial charge in [-0.25, -0.2) is 0 Å². The van der Waals surface area contributed by atoms with E-state index in [0.29, 0.717) is 13.0 Å². The Morgan fingerprint density at radius 3 is 3.00 bits per heavy atom. The summed E-state index contributed by atoms with van der Waals surface area (Å²) in [7, 11) is 0. The smallest absolute Gasteiger partial charge is 0.220 e. The predicted octanol–water partition coefficient (Wildman–Crippen LogP) is 0.833. The lowest BCUT2D eigenvalue weighted by atomic mass is 10.0. The highest BCUT2D eigenvalue weighted by atomic mass is 16.5. The van der Waals surface area contributed by atoms with E-state index in [1.807, 2.05) is 0 Å². The van der Waals surface area contributed by atoms with Crippen LogP contribution in [0.5, 0.6) is 0 Å². The molecule has 4 nitrogen and oxygen atoms in total. The zero-order valence-electron chi connectivity index (χ0n) is 9.37. The summed E-state index contributed by atoms with van der Waals surface area (Å²) in [6.45, 7) is 2.83. The molecule has 15 heavy (non-hydrogen) atoms. The minimum atomic E-state index is -0.472. The maximum atomic E-state index is 11.3. The third-order valence-electron chi connectivity index (χ3n) is 2.56. The van der Waals surface area contributed by atoms with Crippen molar-refractivity contribution in [3.63, 3.8) is 0 Å². The van der Waals surface area contributed by atoms with E-state index in [-0.39, 0.29) is 12.0 Å². The average Bonchev–Trinajstić information content (AvgIpc) is 2.25. The van der Waals surface area contributed by atoms with Gasteiger partial charge in [-0.05, 0) is 32.6 Å². The number of aliphatic hydroxyl groups excluding tert-OH is 1. The average molecular weight is 215 g/mol. The molecule has 0 saturated carbocycles. The number of ether oxygens (including phenoxy) is 1. The molecular weight excluding hydrogens is 194 g/mol. The molecule has 0 aromatic carbocycles. The van der Waals surface area contributed by atoms with Crippen molar-refractivity contribution in [2.45, 2.75) is 51.2 Å². The van der Waals surface area contributed by atoms with E-state index >= 15 is 0 Å². The van der Waals surface area contributed by atoms with Gasteiger partial charge in [-0.15, -0.1) is 0 Å². The van der Waals surface area contributed by atoms with Crippen LogP contribution in [0.1, 0.15) is 39.0 Å². The highest BCUT2D eigenvalue weighted by molar-refractivity contribution is 5.75. The molecule has 0 radical (unpaired) electrons. The van der Waals surface area contributed by atoms with Gasteiger partial charge in [0.05, 0.1) is 12.2 Å². The van der Waals surface area contributed by atoms with Crippen molar-refractivity contribution in [1.29, 1.82) is 0 Å². The van der Waals surface area contributed by atoms with Crippen LogP contribution >= 0.6 is 0 Å². The third-order valence-corrected chi connectivity index (χ3v) is 2.56. The maximum Gasteiger partial charge on any atom is 0.220 e. The van der Waals surface area contributed by atoms with Gasteiger partial charge in [0.25, 0.3) is 0 Å². The van der Waals surface area contributed by atoms with Crippen LogP contribution in [0.15, 0.2) is 0 Å². The summed E-state index contributed by atoms with van der Waals surface area (Å²) in [5, 5.41) is 11.7. The Morgan fingerprint density at radius 2 is 2.40 bits per heavy atom. The molecule has 0 bridgehead atoms. The fourth-order valence-corrected chi connectivity index (χ4v) is 1.68. The lowest BCUT2D eigenvalue weighted by molar-refractivity contribution is -0.122. The number of carbonyl (C=O) groups excluding carboxylic acids is 1. The third kappa shape index (κ3) is 5.74. The van der Waals surface area contributed by atoms with Crippen LogP contribution < -0.4 is 5.32 Å². The lowest BCUT2D eigenvalue weighted by Gasteiger charge is -2.22. The van der Waals surface area contributed by atoms with Gasteiger partial charge in [0.1, 0.15) is 0 Å². The van der Waals surface area contributed by atoms with Crippen LogP contribution in [0.3, 0.4) is 0 Å². The van der Waals surface area contributed by atoms with Crippen molar-refractivity contribution in [3.8, 4) is 0 Å². The minimum Gasteiger partial charge on any atom is -0.392 e. The van der Waals surface area contributed by atoms with Crippen LogP contribution in [0.2, 0.25) is 0 Å². The monoisotopic (exact) mass is 215 g/mol. The number of hydrogen-bond donors (Lipinski definition) is 2. The second-order valence-corrected chi connectivity index (χ2v) is 4.18. The molecule has 1 saturated heterocycles. The summed E-state index contributed by atoms with van der Waals surface area (Å²) in [4.78, 5) is 11.3. The molecule has 0 aromatic heterocycles. The molecule has 1 rings (SSSR count). The normalized spacial score (nSPS) is 23.5. The topological polar surface area (TPSA) is 58.6 Å². The van der Waals surface area contributed by atoms with Crippen molar-refractivity contribution in [1.82, 2.24) is 5.32 Å². The van der Waals surface area contributed by atoms with Crippen LogP contribution in [0.25, 0.3) is 0 Å². The van der Waals surface area contributed by atoms with Gasteiger partial charge in [0.15, 0.2) is 0 Å². The number of amides is 1. The zero-order chi connectivity index (χ0) is 11.1. The van der Waals surface area contributed by atoms with Gasteiger partial charge in [-0.1, -0.05) is 0 Å². The molecule has 1 aliphatic rings. The van der Waals surface area contributed by atoms with E-state index in [4.69, 9.17) is 9.84 Å². The van der Waals surface area contributed by atoms with E-state index in [1.54, 1.807) is 6.92 Å². The molecule has 0 aliphatic carbocycles. The quantitative estimate of drug-likeness (QED) is 0.714. The standard InChI is InChI=1S/C11H21NO3/c1-9(13)8-12-11(14)6-5-10-4-2-3-7-15-10/h9-10,13H,2-8H2,1H3,(H,12,14)/t9-,10?/m0/s1. The Balaban J connectivity index is 2.05. The van der Waals surface area contributed by atoms with E-state index in [0.717, 1.165) is 25.9 Å². The van der Waals surface area contributed by atoms with Gasteiger partial charge in [-0.2, -0.15) is 0 Å². The Hall–Kier alpha value is -0.610. The number of aliphatic hydroxyl groups is 1. The van der Waals surface area contributed by atoms with Crippen LogP contribution in [-0.2, 0) is 9.53 Å². The van der Waals surface area contributed by atoms with Crippen LogP contribution in [-0.4, -0.2) is 36.4 Å². The molecule has 88 valence electrons. The second-order valence-electron chi connectivity index (χ2n) is 4.18. The minimum absolute atomic E-state index is 0.00470. The number of carbonyl (C=O) groups is 1. The van der Waals surface area contributed by atoms with E-state index in [1.165, 1.54) is 6.42 Å². The summed E-state index contributed by atoms with van der Waals surface area (Å²) < 4.78 is 5.52. The maximum absolute atomic E-state index is 11.3. The van der Waals surface area contributed by atoms with Crippen molar-refractivity contribution >= 4 is 5.91 Å². The number of rotatable bonds is 5. The molecule has 1 aliphatic heterocycles. The van der Waals surface area contributed by atoms with E-state index < -0.39 is 6.10 Å². The highest BCUT2D eigenvalue weighted by Crippen LogP contribution is 2.16. The molecular formula is C11H21NO3. The molecule has 1 amide bonds. The van der Waals surface area contributed by atoms with Crippen molar-refractivity contribution in [3.05, 3.63) is 0 Å². The summed E-state index contributed by atoms with van der Waals surface area (Å²) in [6, 6.07) is 0. The SMILES string of the molecule is C[C@H](O)CNC(=O)CCC1CCCCO1. The Labute approximate surface area is 91.0 Å². The van der Waals surface area contributed by atoms with Gasteiger partial charge < -0.3 is 15.2 Å². The Bertz CT molecular complexity index is 188. The molecule has 4 heteroatoms. The zero-order valence-corrected chi connectivity index (χ0v) is 9.37. The fourth-order valence-electron chi connectivity index (χ4n) is 1.68. The molecule has 1 heterocycles. The molecule has 1 unspecified atom stereocenters. The van der Waals surface area contributed by atoms with Crippen LogP contribution in [0, 0.1) is 0 Å². The van der Waals surface area contributed by atoms with Crippen molar-refractivity contribution < 1.29 is 14.6 Å². The molecule has 0 aromatic rings. The molecule has 1 fully saturated rings. The summed E-state index contributed by atoms with van der Waals surface area (Å²) in [5.74, 6) is 0.00470. The van der Waals surface area contributed by atoms with Gasteiger partial charge in [-0.3, -0.25) is 4.79 Å². The first kappa shape index (κ1) is 12.5. The number of hydrogen-bond acceptors (Lipinski definition) is 3.